The van der Waals surface area contributed by atoms with Crippen molar-refractivity contribution in [3.05, 3.63) is 30.3 Å². The van der Waals surface area contributed by atoms with E-state index in [4.69, 9.17) is 5.11 Å². The summed E-state index contributed by atoms with van der Waals surface area (Å²) >= 11 is 0. The number of benzene rings is 1. The highest BCUT2D eigenvalue weighted by atomic mass is 16.3. The lowest BCUT2D eigenvalue weighted by atomic mass is 10.2. The van der Waals surface area contributed by atoms with Crippen molar-refractivity contribution in [1.29, 1.82) is 0 Å². The molecule has 1 saturated heterocycles. The Labute approximate surface area is 116 Å². The molecule has 4 nitrogen and oxygen atoms in total. The SMILES string of the molecule is CNC(CO)CCN1CCN(c2ccccc2)CC1. The fourth-order valence-electron chi connectivity index (χ4n) is 2.53. The van der Waals surface area contributed by atoms with Crippen molar-refractivity contribution >= 4 is 5.69 Å². The van der Waals surface area contributed by atoms with Crippen molar-refractivity contribution in [2.45, 2.75) is 12.5 Å². The van der Waals surface area contributed by atoms with Crippen molar-refractivity contribution in [2.75, 3.05) is 51.3 Å². The highest BCUT2D eigenvalue weighted by Crippen LogP contribution is 2.15. The van der Waals surface area contributed by atoms with Crippen LogP contribution in [0.15, 0.2) is 30.3 Å². The van der Waals surface area contributed by atoms with Gasteiger partial charge in [0.1, 0.15) is 0 Å². The van der Waals surface area contributed by atoms with Crippen LogP contribution in [-0.4, -0.2) is 62.4 Å². The Hall–Kier alpha value is -1.10. The lowest BCUT2D eigenvalue weighted by Gasteiger charge is -2.36. The smallest absolute Gasteiger partial charge is 0.0585 e. The van der Waals surface area contributed by atoms with Crippen LogP contribution in [0.2, 0.25) is 0 Å². The van der Waals surface area contributed by atoms with Crippen molar-refractivity contribution in [3.8, 4) is 0 Å². The minimum atomic E-state index is 0.223. The molecule has 1 aliphatic rings. The molecule has 1 aromatic carbocycles. The number of hydrogen-bond donors (Lipinski definition) is 2. The normalized spacial score (nSPS) is 18.5. The van der Waals surface area contributed by atoms with Crippen molar-refractivity contribution in [2.24, 2.45) is 0 Å². The summed E-state index contributed by atoms with van der Waals surface area (Å²) in [6.07, 6.45) is 1.01. The molecule has 2 rings (SSSR count). The van der Waals surface area contributed by atoms with Crippen LogP contribution in [0, 0.1) is 0 Å². The van der Waals surface area contributed by atoms with E-state index in [2.05, 4.69) is 45.4 Å². The average molecular weight is 263 g/mol. The predicted octanol–water partition coefficient (Wildman–Crippen LogP) is 0.779. The molecule has 0 spiro atoms. The quantitative estimate of drug-likeness (QED) is 0.795. The molecule has 1 aliphatic heterocycles. The molecule has 0 radical (unpaired) electrons. The van der Waals surface area contributed by atoms with E-state index in [1.54, 1.807) is 0 Å². The summed E-state index contributed by atoms with van der Waals surface area (Å²) in [7, 11) is 1.91. The van der Waals surface area contributed by atoms with Gasteiger partial charge in [-0.3, -0.25) is 4.90 Å². The second-order valence-electron chi connectivity index (χ2n) is 5.12. The third-order valence-electron chi connectivity index (χ3n) is 3.92. The predicted molar refractivity (Wildman–Crippen MR) is 79.6 cm³/mol. The third kappa shape index (κ3) is 4.20. The molecule has 1 aromatic rings. The van der Waals surface area contributed by atoms with E-state index >= 15 is 0 Å². The van der Waals surface area contributed by atoms with Gasteiger partial charge in [-0.2, -0.15) is 0 Å². The zero-order valence-corrected chi connectivity index (χ0v) is 11.8. The maximum atomic E-state index is 9.16. The molecule has 106 valence electrons. The highest BCUT2D eigenvalue weighted by Gasteiger charge is 2.17. The molecule has 1 atom stereocenters. The van der Waals surface area contributed by atoms with Gasteiger partial charge >= 0.3 is 0 Å². The van der Waals surface area contributed by atoms with Crippen molar-refractivity contribution in [3.63, 3.8) is 0 Å². The fourth-order valence-corrected chi connectivity index (χ4v) is 2.53. The van der Waals surface area contributed by atoms with E-state index in [1.165, 1.54) is 5.69 Å². The number of piperazine rings is 1. The monoisotopic (exact) mass is 263 g/mol. The lowest BCUT2D eigenvalue weighted by molar-refractivity contribution is 0.205. The van der Waals surface area contributed by atoms with Gasteiger partial charge in [-0.25, -0.2) is 0 Å². The summed E-state index contributed by atoms with van der Waals surface area (Å²) in [5.41, 5.74) is 1.32. The standard InChI is InChI=1S/C15H25N3O/c1-16-14(13-19)7-8-17-9-11-18(12-10-17)15-5-3-2-4-6-15/h2-6,14,16,19H,7-13H2,1H3. The van der Waals surface area contributed by atoms with E-state index in [0.717, 1.165) is 39.1 Å². The second-order valence-corrected chi connectivity index (χ2v) is 5.12. The Morgan fingerprint density at radius 2 is 1.84 bits per heavy atom. The maximum absolute atomic E-state index is 9.16. The van der Waals surface area contributed by atoms with Gasteiger partial charge in [0, 0.05) is 37.9 Å². The van der Waals surface area contributed by atoms with Crippen LogP contribution < -0.4 is 10.2 Å². The molecule has 0 aliphatic carbocycles. The van der Waals surface area contributed by atoms with Gasteiger partial charge in [-0.1, -0.05) is 18.2 Å². The summed E-state index contributed by atoms with van der Waals surface area (Å²) in [6.45, 7) is 5.68. The molecule has 19 heavy (non-hydrogen) atoms. The van der Waals surface area contributed by atoms with Crippen LogP contribution >= 0.6 is 0 Å². The van der Waals surface area contributed by atoms with Crippen LogP contribution in [0.1, 0.15) is 6.42 Å². The first-order chi connectivity index (χ1) is 9.33. The van der Waals surface area contributed by atoms with Crippen molar-refractivity contribution < 1.29 is 5.11 Å². The fraction of sp³-hybridized carbons (Fsp3) is 0.600. The van der Waals surface area contributed by atoms with Gasteiger partial charge in [0.15, 0.2) is 0 Å². The van der Waals surface area contributed by atoms with Gasteiger partial charge in [0.05, 0.1) is 6.61 Å². The summed E-state index contributed by atoms with van der Waals surface area (Å²) in [5.74, 6) is 0. The molecule has 0 amide bonds. The topological polar surface area (TPSA) is 38.7 Å². The summed E-state index contributed by atoms with van der Waals surface area (Å²) in [4.78, 5) is 4.93. The molecular weight excluding hydrogens is 238 g/mol. The summed E-state index contributed by atoms with van der Waals surface area (Å²) in [5, 5.41) is 12.3. The molecule has 1 fully saturated rings. The van der Waals surface area contributed by atoms with Gasteiger partial charge < -0.3 is 15.3 Å². The molecule has 1 unspecified atom stereocenters. The number of aliphatic hydroxyl groups excluding tert-OH is 1. The molecule has 2 N–H and O–H groups in total. The van der Waals surface area contributed by atoms with Crippen LogP contribution in [0.5, 0.6) is 0 Å². The van der Waals surface area contributed by atoms with Crippen LogP contribution in [0.25, 0.3) is 0 Å². The Balaban J connectivity index is 1.74. The number of nitrogens with one attached hydrogen (secondary N) is 1. The first-order valence-corrected chi connectivity index (χ1v) is 7.14. The van der Waals surface area contributed by atoms with E-state index in [0.29, 0.717) is 0 Å². The minimum Gasteiger partial charge on any atom is -0.395 e. The molecule has 0 bridgehead atoms. The van der Waals surface area contributed by atoms with E-state index in [1.807, 2.05) is 7.05 Å². The number of likely N-dealkylation sites (N-methyl/N-ethyl adjacent to an activating group) is 1. The van der Waals surface area contributed by atoms with Crippen LogP contribution in [0.3, 0.4) is 0 Å². The molecular formula is C15H25N3O. The van der Waals surface area contributed by atoms with E-state index in [-0.39, 0.29) is 12.6 Å². The number of anilines is 1. The van der Waals surface area contributed by atoms with Gasteiger partial charge in [0.2, 0.25) is 0 Å². The molecule has 4 heteroatoms. The van der Waals surface area contributed by atoms with Crippen LogP contribution in [0.4, 0.5) is 5.69 Å². The largest absolute Gasteiger partial charge is 0.395 e. The van der Waals surface area contributed by atoms with Gasteiger partial charge in [-0.05, 0) is 32.1 Å². The summed E-state index contributed by atoms with van der Waals surface area (Å²) in [6, 6.07) is 10.8. The Kier molecular flexibility index (Phi) is 5.63. The molecule has 1 heterocycles. The number of rotatable bonds is 6. The van der Waals surface area contributed by atoms with E-state index in [9.17, 15) is 0 Å². The maximum Gasteiger partial charge on any atom is 0.0585 e. The highest BCUT2D eigenvalue weighted by molar-refractivity contribution is 5.46. The Bertz CT molecular complexity index is 346. The second kappa shape index (κ2) is 7.48. The third-order valence-corrected chi connectivity index (χ3v) is 3.92. The minimum absolute atomic E-state index is 0.223. The van der Waals surface area contributed by atoms with Gasteiger partial charge in [0.25, 0.3) is 0 Å². The Morgan fingerprint density at radius 1 is 1.16 bits per heavy atom. The average Bonchev–Trinajstić information content (AvgIpc) is 2.50. The van der Waals surface area contributed by atoms with Gasteiger partial charge in [-0.15, -0.1) is 0 Å². The van der Waals surface area contributed by atoms with Crippen LogP contribution in [-0.2, 0) is 0 Å². The first-order valence-electron chi connectivity index (χ1n) is 7.14. The number of hydrogen-bond acceptors (Lipinski definition) is 4. The number of nitrogens with zero attached hydrogens (tertiary/aromatic N) is 2. The van der Waals surface area contributed by atoms with Crippen molar-refractivity contribution in [1.82, 2.24) is 10.2 Å². The zero-order valence-electron chi connectivity index (χ0n) is 11.8. The summed E-state index contributed by atoms with van der Waals surface area (Å²) < 4.78 is 0. The lowest BCUT2D eigenvalue weighted by Crippen LogP contribution is -2.47. The number of para-hydroxylation sites is 1. The Morgan fingerprint density at radius 3 is 2.42 bits per heavy atom. The number of aliphatic hydroxyl groups is 1. The first kappa shape index (κ1) is 14.3. The molecule has 0 saturated carbocycles. The van der Waals surface area contributed by atoms with E-state index < -0.39 is 0 Å². The molecule has 0 aromatic heterocycles. The zero-order chi connectivity index (χ0) is 13.5.